The summed E-state index contributed by atoms with van der Waals surface area (Å²) in [7, 11) is 0. The molecule has 0 saturated heterocycles. The lowest BCUT2D eigenvalue weighted by molar-refractivity contribution is 0.545. The van der Waals surface area contributed by atoms with E-state index >= 15 is 0 Å². The fraction of sp³-hybridized carbons (Fsp3) is 0.385. The van der Waals surface area contributed by atoms with Crippen LogP contribution in [-0.2, 0) is 0 Å². The third-order valence-corrected chi connectivity index (χ3v) is 2.54. The Bertz CT molecular complexity index is 284. The van der Waals surface area contributed by atoms with E-state index < -0.39 is 0 Å². The molecule has 0 N–H and O–H groups in total. The van der Waals surface area contributed by atoms with Gasteiger partial charge in [-0.05, 0) is 38.2 Å². The van der Waals surface area contributed by atoms with E-state index in [0.29, 0.717) is 5.92 Å². The van der Waals surface area contributed by atoms with Gasteiger partial charge in [-0.3, -0.25) is 0 Å². The van der Waals surface area contributed by atoms with Crippen LogP contribution in [0.5, 0.6) is 0 Å². The van der Waals surface area contributed by atoms with Crippen LogP contribution in [-0.4, -0.2) is 0 Å². The van der Waals surface area contributed by atoms with Crippen LogP contribution in [0, 0.1) is 18.3 Å². The minimum Gasteiger partial charge on any atom is -0.115 e. The lowest BCUT2D eigenvalue weighted by Crippen LogP contribution is -2.05. The molecule has 0 saturated carbocycles. The molecule has 1 aliphatic rings. The van der Waals surface area contributed by atoms with Gasteiger partial charge in [0.05, 0.1) is 0 Å². The second-order valence-corrected chi connectivity index (χ2v) is 3.60. The van der Waals surface area contributed by atoms with Gasteiger partial charge in [0.1, 0.15) is 0 Å². The van der Waals surface area contributed by atoms with Gasteiger partial charge in [-0.2, -0.15) is 0 Å². The summed E-state index contributed by atoms with van der Waals surface area (Å²) in [5.74, 6) is 3.19. The first-order valence-corrected chi connectivity index (χ1v) is 4.71. The summed E-state index contributed by atoms with van der Waals surface area (Å²) in [6.07, 6.45) is 14.7. The van der Waals surface area contributed by atoms with Gasteiger partial charge in [-0.25, -0.2) is 0 Å². The van der Waals surface area contributed by atoms with Gasteiger partial charge < -0.3 is 0 Å². The molecule has 0 unspecified atom stereocenters. The molecule has 0 aromatic heterocycles. The molecule has 0 aliphatic heterocycles. The minimum absolute atomic E-state index is 0.683. The van der Waals surface area contributed by atoms with Gasteiger partial charge in [0, 0.05) is 0 Å². The Morgan fingerprint density at radius 3 is 3.00 bits per heavy atom. The molecule has 0 spiro atoms. The van der Waals surface area contributed by atoms with Gasteiger partial charge in [-0.15, -0.1) is 6.42 Å². The first-order valence-electron chi connectivity index (χ1n) is 4.71. The molecule has 0 nitrogen and oxygen atoms in total. The molecule has 68 valence electrons. The van der Waals surface area contributed by atoms with Crippen LogP contribution in [0.2, 0.25) is 0 Å². The fourth-order valence-electron chi connectivity index (χ4n) is 1.61. The first kappa shape index (κ1) is 9.86. The van der Waals surface area contributed by atoms with Crippen LogP contribution in [0.25, 0.3) is 0 Å². The second kappa shape index (κ2) is 4.72. The lowest BCUT2D eigenvalue weighted by Gasteiger charge is -2.20. The van der Waals surface area contributed by atoms with E-state index in [4.69, 9.17) is 6.42 Å². The highest BCUT2D eigenvalue weighted by Gasteiger charge is 2.12. The van der Waals surface area contributed by atoms with Crippen molar-refractivity contribution >= 4 is 0 Å². The topological polar surface area (TPSA) is 0 Å². The van der Waals surface area contributed by atoms with Crippen LogP contribution in [0.1, 0.15) is 26.2 Å². The molecule has 1 aliphatic carbocycles. The van der Waals surface area contributed by atoms with E-state index in [0.717, 1.165) is 12.8 Å². The standard InChI is InChI=1S/C13H16/c1-4-5-6-12-7-9-13(10-8-12)11(2)3/h1,5-7,13H,2,8-10H2,3H3/b6-5+/t13-/m1/s1. The Hall–Kier alpha value is -1.22. The Kier molecular flexibility index (Phi) is 3.58. The Balaban J connectivity index is 2.53. The number of hydrogen-bond acceptors (Lipinski definition) is 0. The van der Waals surface area contributed by atoms with Crippen molar-refractivity contribution in [2.24, 2.45) is 5.92 Å². The van der Waals surface area contributed by atoms with Crippen LogP contribution in [0.4, 0.5) is 0 Å². The molecule has 0 aromatic carbocycles. The monoisotopic (exact) mass is 172 g/mol. The molecular weight excluding hydrogens is 156 g/mol. The van der Waals surface area contributed by atoms with Crippen LogP contribution < -0.4 is 0 Å². The third kappa shape index (κ3) is 2.95. The highest BCUT2D eigenvalue weighted by molar-refractivity contribution is 5.27. The SMILES string of the molecule is C#C/C=C/C1=CC[C@@H](C(=C)C)CC1. The first-order chi connectivity index (χ1) is 6.24. The summed E-state index contributed by atoms with van der Waals surface area (Å²) in [5, 5.41) is 0. The predicted molar refractivity (Wildman–Crippen MR) is 58.2 cm³/mol. The van der Waals surface area contributed by atoms with Crippen LogP contribution >= 0.6 is 0 Å². The van der Waals surface area contributed by atoms with Crippen LogP contribution in [0.3, 0.4) is 0 Å². The van der Waals surface area contributed by atoms with Gasteiger partial charge in [0.25, 0.3) is 0 Å². The fourth-order valence-corrected chi connectivity index (χ4v) is 1.61. The molecular formula is C13H16. The van der Waals surface area contributed by atoms with E-state index in [1.807, 2.05) is 6.08 Å². The van der Waals surface area contributed by atoms with Crippen molar-refractivity contribution in [3.05, 3.63) is 36.0 Å². The van der Waals surface area contributed by atoms with Gasteiger partial charge in [0.2, 0.25) is 0 Å². The highest BCUT2D eigenvalue weighted by atomic mass is 14.2. The van der Waals surface area contributed by atoms with Crippen molar-refractivity contribution in [1.82, 2.24) is 0 Å². The summed E-state index contributed by atoms with van der Waals surface area (Å²) >= 11 is 0. The molecule has 0 radical (unpaired) electrons. The molecule has 0 amide bonds. The maximum absolute atomic E-state index is 5.14. The number of rotatable bonds is 2. The van der Waals surface area contributed by atoms with Crippen LogP contribution in [0.15, 0.2) is 36.0 Å². The zero-order valence-corrected chi connectivity index (χ0v) is 8.22. The Morgan fingerprint density at radius 1 is 1.77 bits per heavy atom. The average molecular weight is 172 g/mol. The largest absolute Gasteiger partial charge is 0.115 e. The molecule has 1 atom stereocenters. The zero-order chi connectivity index (χ0) is 9.68. The zero-order valence-electron chi connectivity index (χ0n) is 8.22. The van der Waals surface area contributed by atoms with Crippen molar-refractivity contribution in [3.8, 4) is 12.3 Å². The van der Waals surface area contributed by atoms with Gasteiger partial charge >= 0.3 is 0 Å². The van der Waals surface area contributed by atoms with Gasteiger partial charge in [-0.1, -0.05) is 35.8 Å². The third-order valence-electron chi connectivity index (χ3n) is 2.54. The molecule has 0 fully saturated rings. The highest BCUT2D eigenvalue weighted by Crippen LogP contribution is 2.28. The van der Waals surface area contributed by atoms with Crippen molar-refractivity contribution in [2.45, 2.75) is 26.2 Å². The summed E-state index contributed by atoms with van der Waals surface area (Å²) in [6, 6.07) is 0. The van der Waals surface area contributed by atoms with E-state index in [2.05, 4.69) is 25.5 Å². The normalized spacial score (nSPS) is 22.5. The molecule has 1 rings (SSSR count). The molecule has 0 heteroatoms. The Morgan fingerprint density at radius 2 is 2.54 bits per heavy atom. The van der Waals surface area contributed by atoms with Crippen molar-refractivity contribution in [2.75, 3.05) is 0 Å². The van der Waals surface area contributed by atoms with Crippen molar-refractivity contribution < 1.29 is 0 Å². The van der Waals surface area contributed by atoms with E-state index in [1.54, 1.807) is 6.08 Å². The molecule has 0 heterocycles. The predicted octanol–water partition coefficient (Wildman–Crippen LogP) is 3.48. The van der Waals surface area contributed by atoms with E-state index in [9.17, 15) is 0 Å². The van der Waals surface area contributed by atoms with Crippen molar-refractivity contribution in [1.29, 1.82) is 0 Å². The number of hydrogen-bond donors (Lipinski definition) is 0. The maximum Gasteiger partial charge on any atom is -0.0119 e. The van der Waals surface area contributed by atoms with Gasteiger partial charge in [0.15, 0.2) is 0 Å². The maximum atomic E-state index is 5.14. The van der Waals surface area contributed by atoms with E-state index in [1.165, 1.54) is 17.6 Å². The van der Waals surface area contributed by atoms with E-state index in [-0.39, 0.29) is 0 Å². The molecule has 0 bridgehead atoms. The summed E-state index contributed by atoms with van der Waals surface area (Å²) in [5.41, 5.74) is 2.67. The summed E-state index contributed by atoms with van der Waals surface area (Å²) in [4.78, 5) is 0. The smallest absolute Gasteiger partial charge is 0.0119 e. The molecule has 0 aromatic rings. The average Bonchev–Trinajstić information content (AvgIpc) is 2.15. The number of allylic oxidation sites excluding steroid dienone is 5. The second-order valence-electron chi connectivity index (χ2n) is 3.60. The minimum atomic E-state index is 0.683. The summed E-state index contributed by atoms with van der Waals surface area (Å²) in [6.45, 7) is 6.10. The number of terminal acetylenes is 1. The quantitative estimate of drug-likeness (QED) is 0.442. The lowest BCUT2D eigenvalue weighted by atomic mass is 9.85. The van der Waals surface area contributed by atoms with Crippen molar-refractivity contribution in [3.63, 3.8) is 0 Å². The summed E-state index contributed by atoms with van der Waals surface area (Å²) < 4.78 is 0. The Labute approximate surface area is 81.0 Å². The molecule has 13 heavy (non-hydrogen) atoms.